The molecule has 1 saturated heterocycles. The first-order valence-electron chi connectivity index (χ1n) is 5.62. The molecule has 2 amide bonds. The number of carbonyl (C=O) groups excluding carboxylic acids is 1. The zero-order valence-electron chi connectivity index (χ0n) is 10.3. The quantitative estimate of drug-likeness (QED) is 0.866. The Morgan fingerprint density at radius 1 is 1.32 bits per heavy atom. The summed E-state index contributed by atoms with van der Waals surface area (Å²) < 4.78 is 29.8. The van der Waals surface area contributed by atoms with Gasteiger partial charge in [0.15, 0.2) is 4.67 Å². The van der Waals surface area contributed by atoms with Crippen LogP contribution in [0.5, 0.6) is 0 Å². The molecule has 2 rings (SSSR count). The van der Waals surface area contributed by atoms with Crippen LogP contribution < -0.4 is 5.32 Å². The summed E-state index contributed by atoms with van der Waals surface area (Å²) in [6.45, 7) is 1.35. The molecule has 1 fully saturated rings. The third-order valence-electron chi connectivity index (χ3n) is 2.80. The van der Waals surface area contributed by atoms with E-state index in [1.54, 1.807) is 17.0 Å². The normalized spacial score (nSPS) is 17.5. The molecule has 0 aliphatic carbocycles. The van der Waals surface area contributed by atoms with Gasteiger partial charge in [0, 0.05) is 32.2 Å². The SMILES string of the molecule is CS(=O)(=O)N1CCN(C(=O)Nc2ccc(Br)o2)CC1. The fourth-order valence-corrected chi connectivity index (χ4v) is 2.92. The molecule has 0 aromatic carbocycles. The molecule has 1 aromatic heterocycles. The predicted molar refractivity (Wildman–Crippen MR) is 73.4 cm³/mol. The number of nitrogens with one attached hydrogen (secondary N) is 1. The number of furan rings is 1. The summed E-state index contributed by atoms with van der Waals surface area (Å²) >= 11 is 3.14. The van der Waals surface area contributed by atoms with Crippen molar-refractivity contribution in [2.45, 2.75) is 0 Å². The number of piperazine rings is 1. The van der Waals surface area contributed by atoms with Gasteiger partial charge in [0.25, 0.3) is 0 Å². The highest BCUT2D eigenvalue weighted by molar-refractivity contribution is 9.10. The van der Waals surface area contributed by atoms with E-state index in [0.717, 1.165) is 0 Å². The van der Waals surface area contributed by atoms with E-state index < -0.39 is 10.0 Å². The maximum absolute atomic E-state index is 11.9. The van der Waals surface area contributed by atoms with Crippen molar-refractivity contribution < 1.29 is 17.6 Å². The number of nitrogens with zero attached hydrogens (tertiary/aromatic N) is 2. The Kier molecular flexibility index (Phi) is 4.16. The van der Waals surface area contributed by atoms with Gasteiger partial charge < -0.3 is 9.32 Å². The molecule has 0 bridgehead atoms. The molecule has 1 aliphatic heterocycles. The molecule has 9 heteroatoms. The molecular weight excluding hydrogens is 338 g/mol. The first-order chi connectivity index (χ1) is 8.86. The van der Waals surface area contributed by atoms with Gasteiger partial charge in [0.2, 0.25) is 15.9 Å². The third-order valence-corrected chi connectivity index (χ3v) is 4.53. The van der Waals surface area contributed by atoms with E-state index in [4.69, 9.17) is 4.42 Å². The van der Waals surface area contributed by atoms with Crippen molar-refractivity contribution in [2.75, 3.05) is 37.8 Å². The van der Waals surface area contributed by atoms with E-state index in [1.807, 2.05) is 0 Å². The first kappa shape index (κ1) is 14.4. The van der Waals surface area contributed by atoms with Crippen molar-refractivity contribution in [3.05, 3.63) is 16.8 Å². The molecule has 0 spiro atoms. The van der Waals surface area contributed by atoms with Crippen LogP contribution in [0.25, 0.3) is 0 Å². The van der Waals surface area contributed by atoms with Crippen molar-refractivity contribution in [2.24, 2.45) is 0 Å². The number of hydrogen-bond donors (Lipinski definition) is 1. The summed E-state index contributed by atoms with van der Waals surface area (Å²) in [4.78, 5) is 13.5. The van der Waals surface area contributed by atoms with E-state index in [0.29, 0.717) is 36.7 Å². The topological polar surface area (TPSA) is 82.9 Å². The number of sulfonamides is 1. The Bertz CT molecular complexity index is 563. The van der Waals surface area contributed by atoms with E-state index in [2.05, 4.69) is 21.2 Å². The lowest BCUT2D eigenvalue weighted by Gasteiger charge is -2.32. The van der Waals surface area contributed by atoms with Gasteiger partial charge in [-0.05, 0) is 22.0 Å². The lowest BCUT2D eigenvalue weighted by molar-refractivity contribution is 0.184. The highest BCUT2D eigenvalue weighted by Crippen LogP contribution is 2.19. The first-order valence-corrected chi connectivity index (χ1v) is 8.27. The van der Waals surface area contributed by atoms with Crippen LogP contribution in [0.2, 0.25) is 0 Å². The Hall–Kier alpha value is -1.06. The van der Waals surface area contributed by atoms with Gasteiger partial charge in [-0.25, -0.2) is 13.2 Å². The highest BCUT2D eigenvalue weighted by Gasteiger charge is 2.26. The van der Waals surface area contributed by atoms with Crippen molar-refractivity contribution in [1.29, 1.82) is 0 Å². The molecule has 1 aliphatic rings. The van der Waals surface area contributed by atoms with E-state index in [9.17, 15) is 13.2 Å². The standard InChI is InChI=1S/C10H14BrN3O4S/c1-19(16,17)14-6-4-13(5-7-14)10(15)12-9-3-2-8(11)18-9/h2-3H,4-7H2,1H3,(H,12,15). The molecule has 0 saturated carbocycles. The van der Waals surface area contributed by atoms with Gasteiger partial charge in [-0.2, -0.15) is 4.31 Å². The highest BCUT2D eigenvalue weighted by atomic mass is 79.9. The van der Waals surface area contributed by atoms with Gasteiger partial charge in [0.05, 0.1) is 6.26 Å². The van der Waals surface area contributed by atoms with Crippen LogP contribution >= 0.6 is 15.9 Å². The number of urea groups is 1. The summed E-state index contributed by atoms with van der Waals surface area (Å²) in [7, 11) is -3.18. The van der Waals surface area contributed by atoms with Gasteiger partial charge in [-0.15, -0.1) is 0 Å². The van der Waals surface area contributed by atoms with E-state index in [-0.39, 0.29) is 6.03 Å². The Labute approximate surface area is 119 Å². The van der Waals surface area contributed by atoms with E-state index in [1.165, 1.54) is 10.6 Å². The minimum atomic E-state index is -3.18. The zero-order chi connectivity index (χ0) is 14.0. The second-order valence-corrected chi connectivity index (χ2v) is 6.95. The van der Waals surface area contributed by atoms with Crippen LogP contribution in [-0.4, -0.2) is 56.1 Å². The summed E-state index contributed by atoms with van der Waals surface area (Å²) in [6.07, 6.45) is 1.17. The van der Waals surface area contributed by atoms with Crippen molar-refractivity contribution in [1.82, 2.24) is 9.21 Å². The minimum absolute atomic E-state index is 0.296. The second-order valence-electron chi connectivity index (χ2n) is 4.18. The number of rotatable bonds is 2. The molecule has 0 radical (unpaired) electrons. The third kappa shape index (κ3) is 3.71. The molecule has 2 heterocycles. The minimum Gasteiger partial charge on any atom is -0.434 e. The maximum Gasteiger partial charge on any atom is 0.324 e. The number of carbonyl (C=O) groups is 1. The number of hydrogen-bond acceptors (Lipinski definition) is 4. The average Bonchev–Trinajstić information content (AvgIpc) is 2.74. The Morgan fingerprint density at radius 3 is 2.42 bits per heavy atom. The predicted octanol–water partition coefficient (Wildman–Crippen LogP) is 1.15. The molecule has 19 heavy (non-hydrogen) atoms. The summed E-state index contributed by atoms with van der Waals surface area (Å²) in [5.41, 5.74) is 0. The monoisotopic (exact) mass is 351 g/mol. The second kappa shape index (κ2) is 5.51. The van der Waals surface area contributed by atoms with Gasteiger partial charge in [0.1, 0.15) is 0 Å². The molecule has 1 N–H and O–H groups in total. The van der Waals surface area contributed by atoms with Gasteiger partial charge >= 0.3 is 6.03 Å². The molecule has 0 atom stereocenters. The summed E-state index contributed by atoms with van der Waals surface area (Å²) in [6, 6.07) is 3.02. The van der Waals surface area contributed by atoms with Crippen LogP contribution in [0.1, 0.15) is 0 Å². The van der Waals surface area contributed by atoms with Gasteiger partial charge in [-0.3, -0.25) is 5.32 Å². The lowest BCUT2D eigenvalue weighted by atomic mass is 10.4. The van der Waals surface area contributed by atoms with Crippen molar-refractivity contribution in [3.63, 3.8) is 0 Å². The Balaban J connectivity index is 1.89. The van der Waals surface area contributed by atoms with Gasteiger partial charge in [-0.1, -0.05) is 0 Å². The molecule has 106 valence electrons. The summed E-state index contributed by atoms with van der Waals surface area (Å²) in [5.74, 6) is 0.349. The molecular formula is C10H14BrN3O4S. The van der Waals surface area contributed by atoms with Crippen molar-refractivity contribution >= 4 is 37.9 Å². The van der Waals surface area contributed by atoms with Crippen LogP contribution in [0.15, 0.2) is 21.2 Å². The summed E-state index contributed by atoms with van der Waals surface area (Å²) in [5, 5.41) is 2.61. The molecule has 0 unspecified atom stereocenters. The van der Waals surface area contributed by atoms with Crippen LogP contribution in [0, 0.1) is 0 Å². The fourth-order valence-electron chi connectivity index (χ4n) is 1.79. The smallest absolute Gasteiger partial charge is 0.324 e. The molecule has 1 aromatic rings. The fraction of sp³-hybridized carbons (Fsp3) is 0.500. The maximum atomic E-state index is 11.9. The zero-order valence-corrected chi connectivity index (χ0v) is 12.7. The molecule has 7 nitrogen and oxygen atoms in total. The number of anilines is 1. The number of halogens is 1. The Morgan fingerprint density at radius 2 is 1.95 bits per heavy atom. The van der Waals surface area contributed by atoms with Crippen LogP contribution in [0.4, 0.5) is 10.7 Å². The van der Waals surface area contributed by atoms with Crippen LogP contribution in [0.3, 0.4) is 0 Å². The average molecular weight is 352 g/mol. The van der Waals surface area contributed by atoms with Crippen LogP contribution in [-0.2, 0) is 10.0 Å². The van der Waals surface area contributed by atoms with E-state index >= 15 is 0 Å². The lowest BCUT2D eigenvalue weighted by Crippen LogP contribution is -2.51. The largest absolute Gasteiger partial charge is 0.434 e. The number of amides is 2. The van der Waals surface area contributed by atoms with Crippen molar-refractivity contribution in [3.8, 4) is 0 Å².